The lowest BCUT2D eigenvalue weighted by Gasteiger charge is -2.39. The first-order chi connectivity index (χ1) is 22.5. The number of carbonyl (C=O) groups is 4. The number of carboxylic acids is 1. The van der Waals surface area contributed by atoms with Gasteiger partial charge >= 0.3 is 11.9 Å². The van der Waals surface area contributed by atoms with Crippen molar-refractivity contribution in [3.05, 3.63) is 23.5 Å². The fraction of sp³-hybridized carbons (Fsp3) is 0.667. The highest BCUT2D eigenvalue weighted by atomic mass is 32.1. The van der Waals surface area contributed by atoms with Crippen LogP contribution in [0, 0.1) is 41.4 Å². The number of aromatic nitrogens is 4. The van der Waals surface area contributed by atoms with Gasteiger partial charge in [0.05, 0.1) is 5.60 Å². The third-order valence-electron chi connectivity index (χ3n) is 9.44. The molecule has 10 unspecified atom stereocenters. The molecule has 14 nitrogen and oxygen atoms in total. The third-order valence-corrected chi connectivity index (χ3v) is 10.5. The highest BCUT2D eigenvalue weighted by molar-refractivity contribution is 7.14. The summed E-state index contributed by atoms with van der Waals surface area (Å²) in [5.41, 5.74) is 5.52. The van der Waals surface area contributed by atoms with Crippen LogP contribution in [0.4, 0.5) is 0 Å². The third kappa shape index (κ3) is 8.98. The molecule has 2 aromatic rings. The van der Waals surface area contributed by atoms with Crippen LogP contribution in [0.5, 0.6) is 0 Å². The van der Waals surface area contributed by atoms with Crippen LogP contribution >= 0.6 is 11.3 Å². The summed E-state index contributed by atoms with van der Waals surface area (Å²) in [6.45, 7) is 13.7. The number of esters is 1. The maximum absolute atomic E-state index is 14.1. The molecule has 264 valence electrons. The Morgan fingerprint density at radius 3 is 2.27 bits per heavy atom. The molecule has 0 amide bonds. The SMILES string of the molecule is CCC1OC(=O)C(C)C(=O)C(C)CC(C)(OC)CC(C)C(=O)C(C)C(C(C(=O)O)C(N)=NOC(C)c2nnc(-c3ncccn3)s2)C1C. The zero-order valence-electron chi connectivity index (χ0n) is 29.1. The smallest absolute Gasteiger partial charge is 0.316 e. The van der Waals surface area contributed by atoms with Gasteiger partial charge in [0.2, 0.25) is 0 Å². The summed E-state index contributed by atoms with van der Waals surface area (Å²) in [6, 6.07) is 1.68. The number of cyclic esters (lactones) is 1. The Labute approximate surface area is 285 Å². The number of rotatable bonds is 9. The zero-order chi connectivity index (χ0) is 35.9. The number of ether oxygens (including phenoxy) is 2. The average Bonchev–Trinajstić information content (AvgIpc) is 3.57. The van der Waals surface area contributed by atoms with Crippen molar-refractivity contribution in [2.75, 3.05) is 7.11 Å². The summed E-state index contributed by atoms with van der Waals surface area (Å²) >= 11 is 1.19. The second kappa shape index (κ2) is 16.5. The lowest BCUT2D eigenvalue weighted by Crippen LogP contribution is -2.49. The minimum Gasteiger partial charge on any atom is -0.481 e. The normalized spacial score (nSPS) is 31.0. The van der Waals surface area contributed by atoms with Crippen molar-refractivity contribution < 1.29 is 38.6 Å². The number of amidine groups is 1. The monoisotopic (exact) mass is 688 g/mol. The van der Waals surface area contributed by atoms with E-state index >= 15 is 0 Å². The molecule has 3 heterocycles. The standard InChI is InChI=1S/C33H48N6O8S/c1-10-22-18(4)23(19(5)25(40)16(2)14-33(8,45-9)15-17(3)26(41)20(6)32(44)46-22)24(31(42)43)27(34)39-47-21(7)29-37-38-30(48-29)28-35-12-11-13-36-28/h11-13,16-24H,10,14-15H2,1-9H3,(H2,34,39)(H,42,43). The van der Waals surface area contributed by atoms with Crippen molar-refractivity contribution in [2.24, 2.45) is 52.3 Å². The average molecular weight is 689 g/mol. The van der Waals surface area contributed by atoms with Gasteiger partial charge in [0.1, 0.15) is 29.5 Å². The maximum Gasteiger partial charge on any atom is 0.316 e. The van der Waals surface area contributed by atoms with E-state index in [-0.39, 0.29) is 30.2 Å². The van der Waals surface area contributed by atoms with Crippen LogP contribution in [0.25, 0.3) is 10.8 Å². The van der Waals surface area contributed by atoms with Gasteiger partial charge in [-0.3, -0.25) is 19.2 Å². The van der Waals surface area contributed by atoms with Crippen LogP contribution in [-0.4, -0.2) is 73.4 Å². The number of ketones is 2. The lowest BCUT2D eigenvalue weighted by atomic mass is 9.67. The van der Waals surface area contributed by atoms with Crippen molar-refractivity contribution >= 4 is 40.7 Å². The molecular formula is C33H48N6O8S. The first-order valence-corrected chi connectivity index (χ1v) is 17.0. The first kappa shape index (κ1) is 38.6. The number of Topliss-reactive ketones (excluding diaryl/α,β-unsaturated/α-hetero) is 2. The first-order valence-electron chi connectivity index (χ1n) is 16.2. The number of nitrogens with two attached hydrogens (primary N) is 1. The van der Waals surface area contributed by atoms with Gasteiger partial charge in [-0.2, -0.15) is 0 Å². The number of aliphatic carboxylic acids is 1. The van der Waals surface area contributed by atoms with Gasteiger partial charge in [0, 0.05) is 37.3 Å². The zero-order valence-corrected chi connectivity index (χ0v) is 29.9. The summed E-state index contributed by atoms with van der Waals surface area (Å²) in [5.74, 6) is -8.66. The molecular weight excluding hydrogens is 640 g/mol. The molecule has 1 aliphatic rings. The number of carboxylic acid groups (broad SMARTS) is 1. The summed E-state index contributed by atoms with van der Waals surface area (Å²) in [7, 11) is 1.52. The molecule has 0 aliphatic carbocycles. The molecule has 0 radical (unpaired) electrons. The Bertz CT molecular complexity index is 1470. The molecule has 2 aromatic heterocycles. The second-order valence-corrected chi connectivity index (χ2v) is 14.1. The molecule has 10 atom stereocenters. The van der Waals surface area contributed by atoms with Crippen molar-refractivity contribution in [1.29, 1.82) is 0 Å². The van der Waals surface area contributed by atoms with Crippen LogP contribution in [-0.2, 0) is 33.5 Å². The molecule has 0 saturated carbocycles. The fourth-order valence-corrected chi connectivity index (χ4v) is 7.43. The summed E-state index contributed by atoms with van der Waals surface area (Å²) < 4.78 is 11.7. The van der Waals surface area contributed by atoms with Gasteiger partial charge in [0.15, 0.2) is 27.8 Å². The molecule has 15 heteroatoms. The Balaban J connectivity index is 2.01. The largest absolute Gasteiger partial charge is 0.481 e. The van der Waals surface area contributed by atoms with E-state index in [9.17, 15) is 24.3 Å². The van der Waals surface area contributed by atoms with E-state index in [1.165, 1.54) is 25.4 Å². The highest BCUT2D eigenvalue weighted by Crippen LogP contribution is 2.39. The number of nitrogens with zero attached hydrogens (tertiary/aromatic N) is 5. The van der Waals surface area contributed by atoms with Crippen LogP contribution in [0.2, 0.25) is 0 Å². The van der Waals surface area contributed by atoms with E-state index in [0.29, 0.717) is 22.3 Å². The Hall–Kier alpha value is -3.85. The predicted molar refractivity (Wildman–Crippen MR) is 177 cm³/mol. The Morgan fingerprint density at radius 1 is 1.10 bits per heavy atom. The molecule has 3 N–H and O–H groups in total. The van der Waals surface area contributed by atoms with Crippen molar-refractivity contribution in [1.82, 2.24) is 20.2 Å². The van der Waals surface area contributed by atoms with Gasteiger partial charge in [-0.1, -0.05) is 51.1 Å². The van der Waals surface area contributed by atoms with Crippen molar-refractivity contribution in [3.8, 4) is 10.8 Å². The van der Waals surface area contributed by atoms with Gasteiger partial charge < -0.3 is 25.2 Å². The molecule has 0 bridgehead atoms. The number of hydrogen-bond acceptors (Lipinski definition) is 13. The summed E-state index contributed by atoms with van der Waals surface area (Å²) in [4.78, 5) is 67.6. The van der Waals surface area contributed by atoms with Crippen LogP contribution < -0.4 is 5.73 Å². The van der Waals surface area contributed by atoms with E-state index in [1.807, 2.05) is 6.92 Å². The van der Waals surface area contributed by atoms with Gasteiger partial charge in [-0.25, -0.2) is 9.97 Å². The minimum atomic E-state index is -1.49. The summed E-state index contributed by atoms with van der Waals surface area (Å²) in [5, 5.41) is 23.7. The Kier molecular flexibility index (Phi) is 13.3. The quantitative estimate of drug-likeness (QED) is 0.122. The van der Waals surface area contributed by atoms with Gasteiger partial charge in [0.25, 0.3) is 0 Å². The van der Waals surface area contributed by atoms with Crippen molar-refractivity contribution in [2.45, 2.75) is 92.5 Å². The molecule has 0 aromatic carbocycles. The van der Waals surface area contributed by atoms with E-state index in [2.05, 4.69) is 25.3 Å². The van der Waals surface area contributed by atoms with Crippen molar-refractivity contribution in [3.63, 3.8) is 0 Å². The van der Waals surface area contributed by atoms with E-state index in [0.717, 1.165) is 0 Å². The molecule has 0 spiro atoms. The van der Waals surface area contributed by atoms with Gasteiger partial charge in [-0.05, 0) is 57.9 Å². The van der Waals surface area contributed by atoms with Crippen LogP contribution in [0.15, 0.2) is 23.6 Å². The summed E-state index contributed by atoms with van der Waals surface area (Å²) in [6.07, 6.45) is 2.46. The highest BCUT2D eigenvalue weighted by Gasteiger charge is 2.47. The lowest BCUT2D eigenvalue weighted by molar-refractivity contribution is -0.162. The van der Waals surface area contributed by atoms with Crippen LogP contribution in [0.1, 0.15) is 85.8 Å². The van der Waals surface area contributed by atoms with E-state index < -0.39 is 71.2 Å². The second-order valence-electron chi connectivity index (χ2n) is 13.1. The number of methoxy groups -OCH3 is 1. The van der Waals surface area contributed by atoms with Crippen LogP contribution in [0.3, 0.4) is 0 Å². The minimum absolute atomic E-state index is 0.210. The molecule has 1 fully saturated rings. The van der Waals surface area contributed by atoms with Gasteiger partial charge in [-0.15, -0.1) is 10.2 Å². The Morgan fingerprint density at radius 2 is 1.71 bits per heavy atom. The number of oxime groups is 1. The molecule has 48 heavy (non-hydrogen) atoms. The number of hydrogen-bond donors (Lipinski definition) is 2. The van der Waals surface area contributed by atoms with E-state index in [4.69, 9.17) is 20.0 Å². The fourth-order valence-electron chi connectivity index (χ4n) is 6.67. The predicted octanol–water partition coefficient (Wildman–Crippen LogP) is 4.50. The van der Waals surface area contributed by atoms with E-state index in [1.54, 1.807) is 60.0 Å². The molecule has 1 saturated heterocycles. The topological polar surface area (TPSA) is 206 Å². The molecule has 1 aliphatic heterocycles. The maximum atomic E-state index is 14.1. The number of carbonyl (C=O) groups excluding carboxylic acids is 3. The molecule has 3 rings (SSSR count).